The number of anilines is 1. The van der Waals surface area contributed by atoms with E-state index in [9.17, 15) is 9.59 Å². The monoisotopic (exact) mass is 379 g/mol. The number of nitrogens with one attached hydrogen (secondary N) is 1. The topological polar surface area (TPSA) is 46.2 Å². The average molecular weight is 380 g/mol. The molecule has 1 N–H and O–H groups in total. The second kappa shape index (κ2) is 8.65. The summed E-state index contributed by atoms with van der Waals surface area (Å²) < 4.78 is 0. The highest BCUT2D eigenvalue weighted by Crippen LogP contribution is 2.17. The molecule has 0 fully saturated rings. The van der Waals surface area contributed by atoms with Crippen LogP contribution in [0.5, 0.6) is 0 Å². The van der Waals surface area contributed by atoms with Crippen LogP contribution in [0.2, 0.25) is 0 Å². The van der Waals surface area contributed by atoms with Crippen LogP contribution in [-0.4, -0.2) is 17.9 Å². The summed E-state index contributed by atoms with van der Waals surface area (Å²) in [5.74, 6) is -0.278. The van der Waals surface area contributed by atoms with Gasteiger partial charge in [0, 0.05) is 16.1 Å². The molecule has 1 aromatic heterocycles. The number of thioether (sulfide) groups is 1. The van der Waals surface area contributed by atoms with Gasteiger partial charge in [-0.2, -0.15) is 0 Å². The molecule has 3 rings (SSSR count). The van der Waals surface area contributed by atoms with Crippen LogP contribution in [0, 0.1) is 0 Å². The number of hydrogen-bond acceptors (Lipinski definition) is 4. The molecule has 0 saturated carbocycles. The molecule has 0 aliphatic carbocycles. The number of benzene rings is 2. The number of allylic oxidation sites excluding steroid dienone is 1. The van der Waals surface area contributed by atoms with E-state index in [0.717, 1.165) is 5.56 Å². The van der Waals surface area contributed by atoms with E-state index in [4.69, 9.17) is 0 Å². The van der Waals surface area contributed by atoms with Crippen molar-refractivity contribution in [1.29, 1.82) is 0 Å². The van der Waals surface area contributed by atoms with Crippen LogP contribution < -0.4 is 5.32 Å². The zero-order chi connectivity index (χ0) is 18.4. The highest BCUT2D eigenvalue weighted by atomic mass is 32.2. The highest BCUT2D eigenvalue weighted by molar-refractivity contribution is 7.98. The minimum atomic E-state index is -0.172. The van der Waals surface area contributed by atoms with Crippen LogP contribution in [0.3, 0.4) is 0 Å². The quantitative estimate of drug-likeness (QED) is 0.343. The summed E-state index contributed by atoms with van der Waals surface area (Å²) >= 11 is 3.06. The van der Waals surface area contributed by atoms with Gasteiger partial charge in [0.1, 0.15) is 0 Å². The van der Waals surface area contributed by atoms with Gasteiger partial charge < -0.3 is 5.32 Å². The maximum atomic E-state index is 12.4. The van der Waals surface area contributed by atoms with Gasteiger partial charge in [-0.25, -0.2) is 0 Å². The molecule has 0 aliphatic rings. The number of thiophene rings is 1. The second-order valence-corrected chi connectivity index (χ2v) is 7.31. The number of carbonyl (C=O) groups excluding carboxylic acids is 2. The van der Waals surface area contributed by atoms with E-state index in [2.05, 4.69) is 5.32 Å². The first-order valence-corrected chi connectivity index (χ1v) is 10.1. The van der Waals surface area contributed by atoms with Crippen molar-refractivity contribution in [3.8, 4) is 0 Å². The standard InChI is InChI=1S/C21H17NO2S2/c1-25-18-10-7-15(8-11-18)9-12-19(23)16-4-2-5-17(14-16)22-21(24)20-6-3-13-26-20/h2-14H,1H3,(H,22,24). The third-order valence-electron chi connectivity index (χ3n) is 3.69. The van der Waals surface area contributed by atoms with Gasteiger partial charge in [0.2, 0.25) is 0 Å². The Kier molecular flexibility index (Phi) is 6.04. The molecule has 0 unspecified atom stereocenters. The number of rotatable bonds is 6. The van der Waals surface area contributed by atoms with Crippen molar-refractivity contribution >= 4 is 46.6 Å². The molecule has 2 aromatic carbocycles. The molecular weight excluding hydrogens is 362 g/mol. The summed E-state index contributed by atoms with van der Waals surface area (Å²) in [7, 11) is 0. The minimum absolute atomic E-state index is 0.105. The van der Waals surface area contributed by atoms with Crippen molar-refractivity contribution in [3.63, 3.8) is 0 Å². The lowest BCUT2D eigenvalue weighted by molar-refractivity contribution is 0.102. The van der Waals surface area contributed by atoms with Crippen molar-refractivity contribution in [3.05, 3.63) is 88.1 Å². The third-order valence-corrected chi connectivity index (χ3v) is 5.31. The molecule has 1 heterocycles. The average Bonchev–Trinajstić information content (AvgIpc) is 3.22. The fourth-order valence-electron chi connectivity index (χ4n) is 2.33. The summed E-state index contributed by atoms with van der Waals surface area (Å²) in [4.78, 5) is 26.3. The predicted octanol–water partition coefficient (Wildman–Crippen LogP) is 5.62. The maximum absolute atomic E-state index is 12.4. The number of hydrogen-bond donors (Lipinski definition) is 1. The van der Waals surface area contributed by atoms with E-state index in [-0.39, 0.29) is 11.7 Å². The SMILES string of the molecule is CSc1ccc(C=CC(=O)c2cccc(NC(=O)c3cccs3)c2)cc1. The molecular formula is C21H17NO2S2. The molecule has 26 heavy (non-hydrogen) atoms. The van der Waals surface area contributed by atoms with E-state index < -0.39 is 0 Å². The first-order valence-electron chi connectivity index (χ1n) is 7.97. The highest BCUT2D eigenvalue weighted by Gasteiger charge is 2.08. The normalized spacial score (nSPS) is 10.8. The van der Waals surface area contributed by atoms with Crippen molar-refractivity contribution in [2.24, 2.45) is 0 Å². The summed E-state index contributed by atoms with van der Waals surface area (Å²) in [6.45, 7) is 0. The van der Waals surface area contributed by atoms with Crippen LogP contribution in [0.15, 0.2) is 77.0 Å². The molecule has 0 saturated heterocycles. The lowest BCUT2D eigenvalue weighted by atomic mass is 10.1. The second-order valence-electron chi connectivity index (χ2n) is 5.48. The fourth-order valence-corrected chi connectivity index (χ4v) is 3.36. The minimum Gasteiger partial charge on any atom is -0.321 e. The largest absolute Gasteiger partial charge is 0.321 e. The number of ketones is 1. The molecule has 0 atom stereocenters. The van der Waals surface area contributed by atoms with Gasteiger partial charge in [-0.05, 0) is 53.6 Å². The lowest BCUT2D eigenvalue weighted by Gasteiger charge is -2.05. The summed E-state index contributed by atoms with van der Waals surface area (Å²) in [5.41, 5.74) is 2.11. The third kappa shape index (κ3) is 4.71. The Morgan fingerprint density at radius 1 is 1.04 bits per heavy atom. The molecule has 5 heteroatoms. The summed E-state index contributed by atoms with van der Waals surface area (Å²) in [5, 5.41) is 4.67. The Morgan fingerprint density at radius 3 is 2.54 bits per heavy atom. The predicted molar refractivity (Wildman–Crippen MR) is 110 cm³/mol. The Balaban J connectivity index is 1.69. The van der Waals surface area contributed by atoms with Crippen molar-refractivity contribution in [2.45, 2.75) is 4.90 Å². The Morgan fingerprint density at radius 2 is 1.85 bits per heavy atom. The smallest absolute Gasteiger partial charge is 0.265 e. The molecule has 130 valence electrons. The van der Waals surface area contributed by atoms with Gasteiger partial charge in [0.15, 0.2) is 5.78 Å². The van der Waals surface area contributed by atoms with Crippen LogP contribution >= 0.6 is 23.1 Å². The van der Waals surface area contributed by atoms with E-state index in [0.29, 0.717) is 16.1 Å². The van der Waals surface area contributed by atoms with Gasteiger partial charge in [-0.15, -0.1) is 23.1 Å². The van der Waals surface area contributed by atoms with Crippen molar-refractivity contribution in [1.82, 2.24) is 0 Å². The zero-order valence-electron chi connectivity index (χ0n) is 14.1. The van der Waals surface area contributed by atoms with E-state index in [1.807, 2.05) is 42.0 Å². The van der Waals surface area contributed by atoms with Crippen LogP contribution in [0.25, 0.3) is 6.08 Å². The molecule has 0 aliphatic heterocycles. The zero-order valence-corrected chi connectivity index (χ0v) is 15.8. The molecule has 0 radical (unpaired) electrons. The van der Waals surface area contributed by atoms with Crippen molar-refractivity contribution < 1.29 is 9.59 Å². The Hall–Kier alpha value is -2.63. The lowest BCUT2D eigenvalue weighted by Crippen LogP contribution is -2.10. The van der Waals surface area contributed by atoms with Gasteiger partial charge in [-0.3, -0.25) is 9.59 Å². The maximum Gasteiger partial charge on any atom is 0.265 e. The first-order chi connectivity index (χ1) is 12.7. The van der Waals surface area contributed by atoms with Gasteiger partial charge in [-0.1, -0.05) is 36.4 Å². The van der Waals surface area contributed by atoms with Gasteiger partial charge >= 0.3 is 0 Å². The molecule has 1 amide bonds. The van der Waals surface area contributed by atoms with Crippen molar-refractivity contribution in [2.75, 3.05) is 11.6 Å². The summed E-state index contributed by atoms with van der Waals surface area (Å²) in [6.07, 6.45) is 5.37. The first kappa shape index (κ1) is 18.2. The van der Waals surface area contributed by atoms with E-state index >= 15 is 0 Å². The van der Waals surface area contributed by atoms with E-state index in [1.54, 1.807) is 54.2 Å². The Bertz CT molecular complexity index is 929. The van der Waals surface area contributed by atoms with Crippen LogP contribution in [0.4, 0.5) is 5.69 Å². The molecule has 3 nitrogen and oxygen atoms in total. The number of amides is 1. The van der Waals surface area contributed by atoms with Gasteiger partial charge in [0.05, 0.1) is 4.88 Å². The fraction of sp³-hybridized carbons (Fsp3) is 0.0476. The van der Waals surface area contributed by atoms with Gasteiger partial charge in [0.25, 0.3) is 5.91 Å². The van der Waals surface area contributed by atoms with Crippen LogP contribution in [0.1, 0.15) is 25.6 Å². The van der Waals surface area contributed by atoms with Crippen LogP contribution in [-0.2, 0) is 0 Å². The molecule has 0 bridgehead atoms. The molecule has 0 spiro atoms. The van der Waals surface area contributed by atoms with E-state index in [1.165, 1.54) is 16.2 Å². The Labute approximate surface area is 160 Å². The summed E-state index contributed by atoms with van der Waals surface area (Å²) in [6, 6.07) is 18.6. The molecule has 3 aromatic rings. The number of carbonyl (C=O) groups is 2.